The Balaban J connectivity index is 1.41. The van der Waals surface area contributed by atoms with Crippen molar-refractivity contribution in [3.05, 3.63) is 74.4 Å². The molecule has 30 heavy (non-hydrogen) atoms. The number of ketones is 1. The molecule has 4 heterocycles. The number of hydrogen-bond donors (Lipinski definition) is 1. The first kappa shape index (κ1) is 19.4. The summed E-state index contributed by atoms with van der Waals surface area (Å²) in [5.74, 6) is -0.0971. The average Bonchev–Trinajstić information content (AvgIpc) is 3.53. The van der Waals surface area contributed by atoms with Crippen molar-refractivity contribution in [3.63, 3.8) is 0 Å². The van der Waals surface area contributed by atoms with Crippen LogP contribution in [0, 0.1) is 0 Å². The zero-order valence-electron chi connectivity index (χ0n) is 15.9. The van der Waals surface area contributed by atoms with Crippen molar-refractivity contribution in [2.45, 2.75) is 0 Å². The Hall–Kier alpha value is -2.61. The number of rotatable bonds is 4. The molecule has 5 rings (SSSR count). The molecule has 4 aromatic rings. The normalized spacial score (nSPS) is 14.4. The molecule has 5 nitrogen and oxygen atoms in total. The van der Waals surface area contributed by atoms with E-state index in [4.69, 9.17) is 11.6 Å². The Morgan fingerprint density at radius 3 is 2.50 bits per heavy atom. The summed E-state index contributed by atoms with van der Waals surface area (Å²) in [4.78, 5) is 34.3. The SMILES string of the molecule is O=C(c1cccs1)c1c[nH]c2cccc(C(=O)N3CCN(c4ccc(Cl)s4)CC3)c12. The molecule has 0 unspecified atom stereocenters. The fourth-order valence-electron chi connectivity index (χ4n) is 3.86. The van der Waals surface area contributed by atoms with Crippen molar-refractivity contribution in [2.75, 3.05) is 31.1 Å². The van der Waals surface area contributed by atoms with E-state index in [0.717, 1.165) is 27.9 Å². The van der Waals surface area contributed by atoms with Crippen molar-refractivity contribution in [1.82, 2.24) is 9.88 Å². The predicted octanol–water partition coefficient (Wildman–Crippen LogP) is 5.14. The number of piperazine rings is 1. The number of H-pyrrole nitrogens is 1. The minimum atomic E-state index is -0.0594. The highest BCUT2D eigenvalue weighted by Crippen LogP contribution is 2.31. The summed E-state index contributed by atoms with van der Waals surface area (Å²) in [6, 6.07) is 13.2. The molecule has 0 bridgehead atoms. The van der Waals surface area contributed by atoms with Crippen molar-refractivity contribution < 1.29 is 9.59 Å². The van der Waals surface area contributed by atoms with Crippen LogP contribution in [0.25, 0.3) is 10.9 Å². The number of aromatic amines is 1. The molecule has 0 spiro atoms. The van der Waals surface area contributed by atoms with Gasteiger partial charge in [-0.15, -0.1) is 22.7 Å². The maximum Gasteiger partial charge on any atom is 0.254 e. The summed E-state index contributed by atoms with van der Waals surface area (Å²) < 4.78 is 0.769. The molecular weight excluding hydrogens is 438 g/mol. The van der Waals surface area contributed by atoms with Crippen LogP contribution < -0.4 is 4.90 Å². The van der Waals surface area contributed by atoms with E-state index in [1.165, 1.54) is 11.3 Å². The maximum absolute atomic E-state index is 13.4. The Bertz CT molecular complexity index is 1220. The van der Waals surface area contributed by atoms with E-state index >= 15 is 0 Å². The smallest absolute Gasteiger partial charge is 0.254 e. The number of carbonyl (C=O) groups is 2. The van der Waals surface area contributed by atoms with Gasteiger partial charge in [0.1, 0.15) is 0 Å². The molecule has 1 N–H and O–H groups in total. The lowest BCUT2D eigenvalue weighted by Crippen LogP contribution is -2.48. The number of thiophene rings is 2. The van der Waals surface area contributed by atoms with Gasteiger partial charge in [-0.1, -0.05) is 23.7 Å². The molecule has 1 amide bonds. The van der Waals surface area contributed by atoms with E-state index in [1.807, 2.05) is 52.7 Å². The lowest BCUT2D eigenvalue weighted by atomic mass is 10.0. The minimum absolute atomic E-state index is 0.0377. The zero-order valence-corrected chi connectivity index (χ0v) is 18.3. The summed E-state index contributed by atoms with van der Waals surface area (Å²) in [5.41, 5.74) is 1.91. The summed E-state index contributed by atoms with van der Waals surface area (Å²) in [7, 11) is 0. The van der Waals surface area contributed by atoms with Crippen molar-refractivity contribution in [3.8, 4) is 0 Å². The van der Waals surface area contributed by atoms with Crippen LogP contribution in [0.1, 0.15) is 25.6 Å². The minimum Gasteiger partial charge on any atom is -0.360 e. The van der Waals surface area contributed by atoms with Gasteiger partial charge in [0.2, 0.25) is 5.78 Å². The standard InChI is InChI=1S/C22H18ClN3O2S2/c23-18-6-7-19(30-18)25-8-10-26(11-9-25)22(28)14-3-1-4-16-20(14)15(13-24-16)21(27)17-5-2-12-29-17/h1-7,12-13,24H,8-11H2. The highest BCUT2D eigenvalue weighted by Gasteiger charge is 2.26. The maximum atomic E-state index is 13.4. The number of nitrogens with one attached hydrogen (secondary N) is 1. The van der Waals surface area contributed by atoms with E-state index in [2.05, 4.69) is 9.88 Å². The van der Waals surface area contributed by atoms with Gasteiger partial charge in [-0.05, 0) is 35.7 Å². The van der Waals surface area contributed by atoms with Gasteiger partial charge >= 0.3 is 0 Å². The number of carbonyl (C=O) groups excluding carboxylic acids is 2. The number of nitrogens with zero attached hydrogens (tertiary/aromatic N) is 2. The lowest BCUT2D eigenvalue weighted by molar-refractivity contribution is 0.0749. The Labute approximate surface area is 186 Å². The molecule has 0 radical (unpaired) electrons. The third-order valence-corrected chi connectivity index (χ3v) is 7.52. The molecule has 0 saturated carbocycles. The van der Waals surface area contributed by atoms with Crippen LogP contribution in [0.15, 0.2) is 54.0 Å². The van der Waals surface area contributed by atoms with Crippen LogP contribution in [0.5, 0.6) is 0 Å². The first-order chi connectivity index (χ1) is 14.6. The molecule has 0 atom stereocenters. The van der Waals surface area contributed by atoms with Crippen LogP contribution in [0.3, 0.4) is 0 Å². The molecule has 152 valence electrons. The fraction of sp³-hybridized carbons (Fsp3) is 0.182. The molecule has 1 aliphatic heterocycles. The van der Waals surface area contributed by atoms with Crippen LogP contribution in [0.4, 0.5) is 5.00 Å². The first-order valence-corrected chi connectivity index (χ1v) is 11.7. The van der Waals surface area contributed by atoms with E-state index in [1.54, 1.807) is 17.5 Å². The van der Waals surface area contributed by atoms with Crippen LogP contribution in [0.2, 0.25) is 4.34 Å². The van der Waals surface area contributed by atoms with E-state index in [9.17, 15) is 9.59 Å². The number of fused-ring (bicyclic) bond motifs is 1. The van der Waals surface area contributed by atoms with Gasteiger partial charge in [0.05, 0.1) is 14.2 Å². The van der Waals surface area contributed by atoms with E-state index in [0.29, 0.717) is 34.5 Å². The average molecular weight is 456 g/mol. The Morgan fingerprint density at radius 2 is 1.80 bits per heavy atom. The molecule has 1 aromatic carbocycles. The molecular formula is C22H18ClN3O2S2. The second-order valence-electron chi connectivity index (χ2n) is 7.09. The van der Waals surface area contributed by atoms with Gasteiger partial charge in [0, 0.05) is 54.4 Å². The number of aromatic nitrogens is 1. The summed E-state index contributed by atoms with van der Waals surface area (Å²) >= 11 is 9.02. The van der Waals surface area contributed by atoms with Crippen molar-refractivity contribution >= 4 is 61.9 Å². The lowest BCUT2D eigenvalue weighted by Gasteiger charge is -2.35. The molecule has 0 aliphatic carbocycles. The molecule has 1 aliphatic rings. The van der Waals surface area contributed by atoms with Crippen molar-refractivity contribution in [1.29, 1.82) is 0 Å². The van der Waals surface area contributed by atoms with Crippen LogP contribution >= 0.6 is 34.3 Å². The zero-order chi connectivity index (χ0) is 20.7. The summed E-state index contributed by atoms with van der Waals surface area (Å²) in [6.07, 6.45) is 1.71. The predicted molar refractivity (Wildman–Crippen MR) is 123 cm³/mol. The molecule has 1 saturated heterocycles. The second-order valence-corrected chi connectivity index (χ2v) is 9.74. The van der Waals surface area contributed by atoms with Crippen LogP contribution in [-0.4, -0.2) is 47.8 Å². The van der Waals surface area contributed by atoms with E-state index in [-0.39, 0.29) is 11.7 Å². The Kier molecular flexibility index (Phi) is 5.10. The first-order valence-electron chi connectivity index (χ1n) is 9.59. The third kappa shape index (κ3) is 3.43. The fourth-order valence-corrected chi connectivity index (χ4v) is 5.62. The number of hydrogen-bond acceptors (Lipinski definition) is 5. The number of anilines is 1. The van der Waals surface area contributed by atoms with E-state index < -0.39 is 0 Å². The Morgan fingerprint density at radius 1 is 0.967 bits per heavy atom. The topological polar surface area (TPSA) is 56.4 Å². The van der Waals surface area contributed by atoms with Gasteiger partial charge in [0.15, 0.2) is 0 Å². The quantitative estimate of drug-likeness (QED) is 0.433. The monoisotopic (exact) mass is 455 g/mol. The van der Waals surface area contributed by atoms with Gasteiger partial charge in [-0.25, -0.2) is 0 Å². The largest absolute Gasteiger partial charge is 0.360 e. The number of amides is 1. The second kappa shape index (κ2) is 7.91. The van der Waals surface area contributed by atoms with Gasteiger partial charge in [-0.2, -0.15) is 0 Å². The van der Waals surface area contributed by atoms with Gasteiger partial charge in [0.25, 0.3) is 5.91 Å². The van der Waals surface area contributed by atoms with Crippen LogP contribution in [-0.2, 0) is 0 Å². The molecule has 8 heteroatoms. The summed E-state index contributed by atoms with van der Waals surface area (Å²) in [5, 5.41) is 3.71. The molecule has 3 aromatic heterocycles. The van der Waals surface area contributed by atoms with Gasteiger partial charge < -0.3 is 14.8 Å². The van der Waals surface area contributed by atoms with Crippen molar-refractivity contribution in [2.24, 2.45) is 0 Å². The third-order valence-electron chi connectivity index (χ3n) is 5.36. The number of benzene rings is 1. The van der Waals surface area contributed by atoms with Gasteiger partial charge in [-0.3, -0.25) is 9.59 Å². The highest BCUT2D eigenvalue weighted by atomic mass is 35.5. The molecule has 1 fully saturated rings. The highest BCUT2D eigenvalue weighted by molar-refractivity contribution is 7.19. The summed E-state index contributed by atoms with van der Waals surface area (Å²) in [6.45, 7) is 2.77. The number of halogens is 1.